The first-order valence-corrected chi connectivity index (χ1v) is 10.6. The molecule has 11 nitrogen and oxygen atoms in total. The van der Waals surface area contributed by atoms with Gasteiger partial charge in [0.15, 0.2) is 0 Å². The molecule has 1 amide bonds. The number of aryl methyl sites for hydroxylation is 1. The first-order valence-electron chi connectivity index (χ1n) is 8.76. The van der Waals surface area contributed by atoms with Gasteiger partial charge in [0.1, 0.15) is 0 Å². The van der Waals surface area contributed by atoms with E-state index in [0.717, 1.165) is 10.6 Å². The molecule has 0 heterocycles. The molecule has 0 saturated heterocycles. The molecule has 0 aliphatic rings. The summed E-state index contributed by atoms with van der Waals surface area (Å²) < 4.78 is 25.5. The lowest BCUT2D eigenvalue weighted by atomic mass is 10.1. The highest BCUT2D eigenvalue weighted by Gasteiger charge is 2.22. The third kappa shape index (κ3) is 5.98. The molecule has 2 rings (SSSR count). The highest BCUT2D eigenvalue weighted by Crippen LogP contribution is 2.28. The molecular weight excluding hydrogens is 416 g/mol. The van der Waals surface area contributed by atoms with Gasteiger partial charge in [0.25, 0.3) is 11.4 Å². The fraction of sp³-hybridized carbons (Fsp3) is 0.278. The van der Waals surface area contributed by atoms with Gasteiger partial charge in [0.05, 0.1) is 21.8 Å². The Morgan fingerprint density at radius 3 is 2.30 bits per heavy atom. The minimum atomic E-state index is -3.75. The number of nitro groups is 2. The molecule has 0 saturated carbocycles. The average Bonchev–Trinajstić information content (AvgIpc) is 2.65. The van der Waals surface area contributed by atoms with Gasteiger partial charge < -0.3 is 5.32 Å². The van der Waals surface area contributed by atoms with Crippen LogP contribution in [0.1, 0.15) is 18.4 Å². The molecule has 12 heteroatoms. The van der Waals surface area contributed by atoms with Crippen LogP contribution in [0.25, 0.3) is 0 Å². The highest BCUT2D eigenvalue weighted by molar-refractivity contribution is 7.92. The third-order valence-electron chi connectivity index (χ3n) is 4.18. The van der Waals surface area contributed by atoms with E-state index in [1.807, 2.05) is 0 Å². The maximum Gasteiger partial charge on any atom is 0.271 e. The molecular formula is C18H20N4O7S. The predicted octanol–water partition coefficient (Wildman–Crippen LogP) is 3.00. The zero-order valence-electron chi connectivity index (χ0n) is 16.3. The molecule has 2 aromatic rings. The highest BCUT2D eigenvalue weighted by atomic mass is 32.2. The van der Waals surface area contributed by atoms with Crippen molar-refractivity contribution in [3.8, 4) is 0 Å². The number of carbonyl (C=O) groups is 1. The minimum absolute atomic E-state index is 0.0529. The van der Waals surface area contributed by atoms with E-state index in [1.54, 1.807) is 6.92 Å². The molecule has 2 aromatic carbocycles. The van der Waals surface area contributed by atoms with E-state index in [1.165, 1.54) is 42.5 Å². The number of hydrogen-bond donors (Lipinski definition) is 1. The predicted molar refractivity (Wildman–Crippen MR) is 111 cm³/mol. The van der Waals surface area contributed by atoms with Crippen molar-refractivity contribution in [3.05, 3.63) is 68.3 Å². The number of anilines is 2. The summed E-state index contributed by atoms with van der Waals surface area (Å²) in [5.74, 6) is -0.445. The lowest BCUT2D eigenvalue weighted by Gasteiger charge is -2.24. The second-order valence-corrected chi connectivity index (χ2v) is 8.43. The lowest BCUT2D eigenvalue weighted by molar-refractivity contribution is -0.385. The van der Waals surface area contributed by atoms with Crippen molar-refractivity contribution >= 4 is 38.7 Å². The van der Waals surface area contributed by atoms with Gasteiger partial charge in [-0.1, -0.05) is 12.1 Å². The third-order valence-corrected chi connectivity index (χ3v) is 5.36. The van der Waals surface area contributed by atoms with E-state index >= 15 is 0 Å². The number of nitrogens with zero attached hydrogens (tertiary/aromatic N) is 3. The summed E-state index contributed by atoms with van der Waals surface area (Å²) in [5.41, 5.74) is 0.548. The van der Waals surface area contributed by atoms with Crippen LogP contribution in [0.3, 0.4) is 0 Å². The molecule has 0 radical (unpaired) electrons. The molecule has 30 heavy (non-hydrogen) atoms. The number of hydrogen-bond acceptors (Lipinski definition) is 7. The van der Waals surface area contributed by atoms with Gasteiger partial charge in [0.2, 0.25) is 15.9 Å². The Labute approximate surface area is 172 Å². The monoisotopic (exact) mass is 436 g/mol. The van der Waals surface area contributed by atoms with E-state index in [9.17, 15) is 33.4 Å². The molecule has 0 unspecified atom stereocenters. The molecule has 0 atom stereocenters. The summed E-state index contributed by atoms with van der Waals surface area (Å²) in [5, 5.41) is 24.3. The summed E-state index contributed by atoms with van der Waals surface area (Å²) >= 11 is 0. The van der Waals surface area contributed by atoms with Crippen molar-refractivity contribution in [2.24, 2.45) is 0 Å². The van der Waals surface area contributed by atoms with E-state index in [-0.39, 0.29) is 42.1 Å². The largest absolute Gasteiger partial charge is 0.326 e. The van der Waals surface area contributed by atoms with Gasteiger partial charge in [0, 0.05) is 42.9 Å². The van der Waals surface area contributed by atoms with Gasteiger partial charge >= 0.3 is 0 Å². The lowest BCUT2D eigenvalue weighted by Crippen LogP contribution is -2.32. The number of amides is 1. The first kappa shape index (κ1) is 22.7. The van der Waals surface area contributed by atoms with E-state index in [2.05, 4.69) is 5.32 Å². The SMILES string of the molecule is Cc1ccc([N+](=O)[O-])cc1N(CCCC(=O)Nc1cccc([N+](=O)[O-])c1)S(C)(=O)=O. The minimum Gasteiger partial charge on any atom is -0.326 e. The molecule has 0 fully saturated rings. The van der Waals surface area contributed by atoms with Crippen molar-refractivity contribution in [2.75, 3.05) is 22.4 Å². The number of non-ortho nitro benzene ring substituents is 2. The van der Waals surface area contributed by atoms with Crippen LogP contribution in [-0.4, -0.2) is 37.0 Å². The van der Waals surface area contributed by atoms with Gasteiger partial charge in [-0.2, -0.15) is 0 Å². The molecule has 0 bridgehead atoms. The summed E-state index contributed by atoms with van der Waals surface area (Å²) in [6, 6.07) is 9.37. The molecule has 0 aliphatic carbocycles. The van der Waals surface area contributed by atoms with Crippen molar-refractivity contribution in [1.82, 2.24) is 0 Å². The maximum atomic E-state index is 12.2. The fourth-order valence-corrected chi connectivity index (χ4v) is 3.76. The van der Waals surface area contributed by atoms with Crippen molar-refractivity contribution < 1.29 is 23.1 Å². The Morgan fingerprint density at radius 1 is 1.07 bits per heavy atom. The Hall–Kier alpha value is -3.54. The number of nitro benzene ring substituents is 2. The zero-order valence-corrected chi connectivity index (χ0v) is 17.1. The van der Waals surface area contributed by atoms with Crippen LogP contribution < -0.4 is 9.62 Å². The quantitative estimate of drug-likeness (QED) is 0.468. The second-order valence-electron chi connectivity index (χ2n) is 6.52. The molecule has 0 aromatic heterocycles. The Morgan fingerprint density at radius 2 is 1.70 bits per heavy atom. The van der Waals surface area contributed by atoms with Crippen LogP contribution >= 0.6 is 0 Å². The van der Waals surface area contributed by atoms with Crippen molar-refractivity contribution in [1.29, 1.82) is 0 Å². The normalized spacial score (nSPS) is 11.0. The number of carbonyl (C=O) groups excluding carboxylic acids is 1. The fourth-order valence-electron chi connectivity index (χ4n) is 2.75. The number of nitrogens with one attached hydrogen (secondary N) is 1. The second kappa shape index (κ2) is 9.31. The summed E-state index contributed by atoms with van der Waals surface area (Å²) in [6.45, 7) is 1.56. The van der Waals surface area contributed by atoms with E-state index in [4.69, 9.17) is 0 Å². The topological polar surface area (TPSA) is 153 Å². The van der Waals surface area contributed by atoms with Crippen LogP contribution in [0.4, 0.5) is 22.7 Å². The van der Waals surface area contributed by atoms with E-state index < -0.39 is 25.8 Å². The smallest absolute Gasteiger partial charge is 0.271 e. The Balaban J connectivity index is 2.08. The number of rotatable bonds is 9. The maximum absolute atomic E-state index is 12.2. The number of sulfonamides is 1. The summed E-state index contributed by atoms with van der Waals surface area (Å²) in [7, 11) is -3.75. The van der Waals surface area contributed by atoms with Gasteiger partial charge in [-0.15, -0.1) is 0 Å². The van der Waals surface area contributed by atoms with Crippen LogP contribution in [0.2, 0.25) is 0 Å². The van der Waals surface area contributed by atoms with Crippen LogP contribution in [0.15, 0.2) is 42.5 Å². The van der Waals surface area contributed by atoms with Gasteiger partial charge in [-0.3, -0.25) is 29.3 Å². The van der Waals surface area contributed by atoms with E-state index in [0.29, 0.717) is 5.56 Å². The molecule has 1 N–H and O–H groups in total. The molecule has 0 aliphatic heterocycles. The number of benzene rings is 2. The summed E-state index contributed by atoms with van der Waals surface area (Å²) in [6.07, 6.45) is 1.06. The van der Waals surface area contributed by atoms with Crippen LogP contribution in [0, 0.1) is 27.2 Å². The molecule has 0 spiro atoms. The van der Waals surface area contributed by atoms with Crippen molar-refractivity contribution in [3.63, 3.8) is 0 Å². The van der Waals surface area contributed by atoms with Gasteiger partial charge in [-0.25, -0.2) is 8.42 Å². The summed E-state index contributed by atoms with van der Waals surface area (Å²) in [4.78, 5) is 32.8. The molecule has 160 valence electrons. The zero-order chi connectivity index (χ0) is 22.5. The van der Waals surface area contributed by atoms with Crippen molar-refractivity contribution in [2.45, 2.75) is 19.8 Å². The average molecular weight is 436 g/mol. The Bertz CT molecular complexity index is 1090. The standard InChI is InChI=1S/C18H20N4O7S/c1-13-8-9-16(22(26)27)12-17(13)20(30(2,28)29)10-4-7-18(23)19-14-5-3-6-15(11-14)21(24)25/h3,5-6,8-9,11-12H,4,7,10H2,1-2H3,(H,19,23). The van der Waals surface area contributed by atoms with Crippen LogP contribution in [0.5, 0.6) is 0 Å². The first-order chi connectivity index (χ1) is 14.0. The Kier molecular flexibility index (Phi) is 7.06. The van der Waals surface area contributed by atoms with Crippen LogP contribution in [-0.2, 0) is 14.8 Å². The van der Waals surface area contributed by atoms with Gasteiger partial charge in [-0.05, 0) is 25.0 Å².